The van der Waals surface area contributed by atoms with Gasteiger partial charge in [-0.1, -0.05) is 11.6 Å². The normalized spacial score (nSPS) is 11.3. The largest absolute Gasteiger partial charge is 0.497 e. The van der Waals surface area contributed by atoms with E-state index in [1.54, 1.807) is 19.2 Å². The highest BCUT2D eigenvalue weighted by molar-refractivity contribution is 6.08. The number of nitrogens with zero attached hydrogens (tertiary/aromatic N) is 3. The molecule has 142 valence electrons. The van der Waals surface area contributed by atoms with Gasteiger partial charge in [-0.05, 0) is 67.6 Å². The van der Waals surface area contributed by atoms with Crippen LogP contribution in [0.15, 0.2) is 72.9 Å². The number of aryl methyl sites for hydroxylation is 1. The third-order valence-corrected chi connectivity index (χ3v) is 5.10. The van der Waals surface area contributed by atoms with Crippen molar-refractivity contribution in [2.75, 3.05) is 7.11 Å². The van der Waals surface area contributed by atoms with Gasteiger partial charge in [0.05, 0.1) is 23.8 Å². The summed E-state index contributed by atoms with van der Waals surface area (Å²) >= 11 is 0. The quantitative estimate of drug-likeness (QED) is 0.401. The smallest absolute Gasteiger partial charge is 0.123 e. The van der Waals surface area contributed by atoms with E-state index in [-0.39, 0.29) is 5.82 Å². The zero-order valence-electron chi connectivity index (χ0n) is 16.1. The number of aromatic nitrogens is 3. The summed E-state index contributed by atoms with van der Waals surface area (Å²) in [6.07, 6.45) is 1.86. The number of fused-ring (bicyclic) bond motifs is 3. The molecule has 0 unspecified atom stereocenters. The maximum atomic E-state index is 13.5. The third-order valence-electron chi connectivity index (χ3n) is 5.10. The van der Waals surface area contributed by atoms with Crippen LogP contribution >= 0.6 is 0 Å². The van der Waals surface area contributed by atoms with E-state index in [2.05, 4.69) is 18.0 Å². The lowest BCUT2D eigenvalue weighted by Gasteiger charge is -2.06. The van der Waals surface area contributed by atoms with Gasteiger partial charge in [0.25, 0.3) is 0 Å². The minimum absolute atomic E-state index is 0.275. The average molecular weight is 383 g/mol. The predicted octanol–water partition coefficient (Wildman–Crippen LogP) is 5.70. The van der Waals surface area contributed by atoms with Crippen molar-refractivity contribution >= 4 is 21.8 Å². The van der Waals surface area contributed by atoms with Crippen LogP contribution in [0.5, 0.6) is 5.75 Å². The molecule has 0 fully saturated rings. The molecule has 5 aromatic rings. The molecule has 0 spiro atoms. The third kappa shape index (κ3) is 2.91. The summed E-state index contributed by atoms with van der Waals surface area (Å²) in [4.78, 5) is 4.65. The summed E-state index contributed by atoms with van der Waals surface area (Å²) in [5.74, 6) is 0.512. The molecule has 2 heterocycles. The number of methoxy groups -OCH3 is 1. The number of ether oxygens (including phenoxy) is 1. The summed E-state index contributed by atoms with van der Waals surface area (Å²) in [6.45, 7) is 2.06. The fourth-order valence-corrected chi connectivity index (χ4v) is 3.63. The zero-order valence-corrected chi connectivity index (χ0v) is 16.1. The maximum absolute atomic E-state index is 13.5. The molecule has 3 aromatic carbocycles. The van der Waals surface area contributed by atoms with Gasteiger partial charge in [-0.3, -0.25) is 4.98 Å². The van der Waals surface area contributed by atoms with E-state index in [4.69, 9.17) is 9.84 Å². The van der Waals surface area contributed by atoms with Crippen LogP contribution in [0.1, 0.15) is 5.56 Å². The van der Waals surface area contributed by atoms with Crippen molar-refractivity contribution < 1.29 is 9.13 Å². The minimum Gasteiger partial charge on any atom is -0.497 e. The fraction of sp³-hybridized carbons (Fsp3) is 0.0833. The summed E-state index contributed by atoms with van der Waals surface area (Å²) < 4.78 is 20.7. The lowest BCUT2D eigenvalue weighted by molar-refractivity contribution is 0.415. The van der Waals surface area contributed by atoms with Crippen molar-refractivity contribution in [2.24, 2.45) is 0 Å². The highest BCUT2D eigenvalue weighted by Crippen LogP contribution is 2.34. The summed E-state index contributed by atoms with van der Waals surface area (Å²) in [5, 5.41) is 6.86. The Balaban J connectivity index is 1.86. The number of halogens is 1. The molecular formula is C24H18FN3O. The number of pyridine rings is 1. The standard InChI is InChI=1S/C24H18FN3O/c1-15-3-12-22-20(13-15)24-21(14-26-22)23(16-4-10-19(29-2)11-5-16)27-28(24)18-8-6-17(25)7-9-18/h3-14H,1-2H3. The molecule has 5 rings (SSSR count). The zero-order chi connectivity index (χ0) is 20.0. The second kappa shape index (κ2) is 6.71. The number of hydrogen-bond donors (Lipinski definition) is 0. The van der Waals surface area contributed by atoms with Crippen molar-refractivity contribution in [1.82, 2.24) is 14.8 Å². The number of benzene rings is 3. The van der Waals surface area contributed by atoms with Crippen LogP contribution in [0.25, 0.3) is 38.8 Å². The first kappa shape index (κ1) is 17.4. The fourth-order valence-electron chi connectivity index (χ4n) is 3.63. The SMILES string of the molecule is COc1ccc(-c2nn(-c3ccc(F)cc3)c3c2cnc2ccc(C)cc23)cc1. The van der Waals surface area contributed by atoms with Gasteiger partial charge in [0, 0.05) is 22.5 Å². The van der Waals surface area contributed by atoms with E-state index >= 15 is 0 Å². The Kier molecular flexibility index (Phi) is 4.02. The Morgan fingerprint density at radius 3 is 2.38 bits per heavy atom. The molecule has 0 amide bonds. The predicted molar refractivity (Wildman–Crippen MR) is 113 cm³/mol. The van der Waals surface area contributed by atoms with Crippen molar-refractivity contribution in [3.8, 4) is 22.7 Å². The Labute approximate surface area is 167 Å². The van der Waals surface area contributed by atoms with Crippen LogP contribution in [0.2, 0.25) is 0 Å². The van der Waals surface area contributed by atoms with Gasteiger partial charge < -0.3 is 4.74 Å². The minimum atomic E-state index is -0.275. The number of hydrogen-bond acceptors (Lipinski definition) is 3. The molecular weight excluding hydrogens is 365 g/mol. The van der Waals surface area contributed by atoms with Crippen LogP contribution in [0.4, 0.5) is 4.39 Å². The first-order valence-electron chi connectivity index (χ1n) is 9.32. The van der Waals surface area contributed by atoms with Crippen LogP contribution in [0.3, 0.4) is 0 Å². The van der Waals surface area contributed by atoms with Crippen molar-refractivity contribution in [1.29, 1.82) is 0 Å². The van der Waals surface area contributed by atoms with E-state index < -0.39 is 0 Å². The molecule has 4 nitrogen and oxygen atoms in total. The molecule has 29 heavy (non-hydrogen) atoms. The van der Waals surface area contributed by atoms with Crippen molar-refractivity contribution in [2.45, 2.75) is 6.92 Å². The van der Waals surface area contributed by atoms with Gasteiger partial charge in [-0.25, -0.2) is 9.07 Å². The van der Waals surface area contributed by atoms with Crippen LogP contribution in [-0.4, -0.2) is 21.9 Å². The van der Waals surface area contributed by atoms with Crippen LogP contribution in [-0.2, 0) is 0 Å². The van der Waals surface area contributed by atoms with Crippen molar-refractivity contribution in [3.63, 3.8) is 0 Å². The van der Waals surface area contributed by atoms with Gasteiger partial charge in [0.2, 0.25) is 0 Å². The Hall–Kier alpha value is -3.73. The monoisotopic (exact) mass is 383 g/mol. The molecule has 5 heteroatoms. The topological polar surface area (TPSA) is 39.9 Å². The highest BCUT2D eigenvalue weighted by atomic mass is 19.1. The van der Waals surface area contributed by atoms with Gasteiger partial charge in [0.15, 0.2) is 0 Å². The molecule has 0 saturated carbocycles. The second-order valence-electron chi connectivity index (χ2n) is 7.01. The summed E-state index contributed by atoms with van der Waals surface area (Å²) in [6, 6.07) is 20.3. The van der Waals surface area contributed by atoms with Crippen molar-refractivity contribution in [3.05, 3.63) is 84.3 Å². The highest BCUT2D eigenvalue weighted by Gasteiger charge is 2.17. The van der Waals surface area contributed by atoms with E-state index in [1.807, 2.05) is 47.3 Å². The Morgan fingerprint density at radius 1 is 0.897 bits per heavy atom. The van der Waals surface area contributed by atoms with Gasteiger partial charge in [-0.2, -0.15) is 5.10 Å². The van der Waals surface area contributed by atoms with E-state index in [1.165, 1.54) is 12.1 Å². The Bertz CT molecular complexity index is 1340. The molecule has 0 aliphatic heterocycles. The van der Waals surface area contributed by atoms with Gasteiger partial charge in [0.1, 0.15) is 17.3 Å². The molecule has 0 N–H and O–H groups in total. The van der Waals surface area contributed by atoms with E-state index in [0.29, 0.717) is 0 Å². The molecule has 0 saturated heterocycles. The number of rotatable bonds is 3. The maximum Gasteiger partial charge on any atom is 0.123 e. The Morgan fingerprint density at radius 2 is 1.66 bits per heavy atom. The van der Waals surface area contributed by atoms with Gasteiger partial charge in [-0.15, -0.1) is 0 Å². The van der Waals surface area contributed by atoms with Gasteiger partial charge >= 0.3 is 0 Å². The lowest BCUT2D eigenvalue weighted by Crippen LogP contribution is -1.97. The molecule has 0 bridgehead atoms. The first-order valence-corrected chi connectivity index (χ1v) is 9.32. The van der Waals surface area contributed by atoms with Crippen LogP contribution in [0, 0.1) is 12.7 Å². The first-order chi connectivity index (χ1) is 14.1. The average Bonchev–Trinajstić information content (AvgIpc) is 3.14. The molecule has 0 aliphatic rings. The van der Waals surface area contributed by atoms with Crippen LogP contribution < -0.4 is 4.74 Å². The summed E-state index contributed by atoms with van der Waals surface area (Å²) in [5.41, 5.74) is 5.58. The summed E-state index contributed by atoms with van der Waals surface area (Å²) in [7, 11) is 1.64. The molecule has 0 atom stereocenters. The molecule has 0 radical (unpaired) electrons. The molecule has 2 aromatic heterocycles. The van der Waals surface area contributed by atoms with E-state index in [0.717, 1.165) is 50.1 Å². The second-order valence-corrected chi connectivity index (χ2v) is 7.01. The molecule has 0 aliphatic carbocycles. The lowest BCUT2D eigenvalue weighted by atomic mass is 10.1. The van der Waals surface area contributed by atoms with E-state index in [9.17, 15) is 4.39 Å².